The van der Waals surface area contributed by atoms with Crippen LogP contribution in [-0.2, 0) is 0 Å². The highest BCUT2D eigenvalue weighted by Crippen LogP contribution is 2.21. The fourth-order valence-electron chi connectivity index (χ4n) is 1.58. The van der Waals surface area contributed by atoms with Crippen molar-refractivity contribution in [1.82, 2.24) is 4.90 Å². The van der Waals surface area contributed by atoms with Crippen molar-refractivity contribution in [3.8, 4) is 0 Å². The summed E-state index contributed by atoms with van der Waals surface area (Å²) in [7, 11) is 4.28. The Balaban J connectivity index is 1.94. The third-order valence-corrected chi connectivity index (χ3v) is 2.66. The van der Waals surface area contributed by atoms with Gasteiger partial charge in [0, 0.05) is 24.8 Å². The zero-order valence-corrected chi connectivity index (χ0v) is 8.20. The van der Waals surface area contributed by atoms with Crippen molar-refractivity contribution < 1.29 is 0 Å². The third-order valence-electron chi connectivity index (χ3n) is 2.66. The van der Waals surface area contributed by atoms with Crippen LogP contribution in [-0.4, -0.2) is 38.1 Å². The first-order chi connectivity index (χ1) is 6.27. The molecule has 2 nitrogen and oxygen atoms in total. The lowest BCUT2D eigenvalue weighted by atomic mass is 10.1. The van der Waals surface area contributed by atoms with Crippen molar-refractivity contribution in [1.29, 1.82) is 0 Å². The maximum Gasteiger partial charge on any atom is 0.0440 e. The van der Waals surface area contributed by atoms with Gasteiger partial charge in [0.2, 0.25) is 0 Å². The standard InChI is InChI=1S/C11H15N2/c1-12(2)11-8-13(9-11)10-6-4-3-5-7-10/h4-7,11H,8-9H2,1-2H3. The van der Waals surface area contributed by atoms with Gasteiger partial charge in [-0.05, 0) is 32.3 Å². The van der Waals surface area contributed by atoms with Gasteiger partial charge in [0.25, 0.3) is 0 Å². The van der Waals surface area contributed by atoms with Crippen molar-refractivity contribution in [3.63, 3.8) is 0 Å². The van der Waals surface area contributed by atoms with E-state index in [0.29, 0.717) is 0 Å². The molecule has 0 spiro atoms. The number of benzene rings is 1. The summed E-state index contributed by atoms with van der Waals surface area (Å²) in [5.74, 6) is 0. The summed E-state index contributed by atoms with van der Waals surface area (Å²) in [6.07, 6.45) is 0. The molecule has 0 aliphatic carbocycles. The van der Waals surface area contributed by atoms with Crippen LogP contribution in [0.2, 0.25) is 0 Å². The van der Waals surface area contributed by atoms with Crippen molar-refractivity contribution in [2.24, 2.45) is 0 Å². The maximum atomic E-state index is 3.03. The van der Waals surface area contributed by atoms with Crippen LogP contribution in [0.1, 0.15) is 0 Å². The van der Waals surface area contributed by atoms with E-state index >= 15 is 0 Å². The molecule has 2 rings (SSSR count). The molecule has 13 heavy (non-hydrogen) atoms. The molecule has 1 aromatic rings. The molecule has 1 radical (unpaired) electrons. The molecule has 1 saturated heterocycles. The van der Waals surface area contributed by atoms with E-state index < -0.39 is 0 Å². The molecule has 0 unspecified atom stereocenters. The van der Waals surface area contributed by atoms with Gasteiger partial charge >= 0.3 is 0 Å². The minimum atomic E-state index is 0.726. The molecule has 0 saturated carbocycles. The fourth-order valence-corrected chi connectivity index (χ4v) is 1.58. The van der Waals surface area contributed by atoms with Crippen LogP contribution in [0.3, 0.4) is 0 Å². The van der Waals surface area contributed by atoms with Gasteiger partial charge in [0.1, 0.15) is 0 Å². The number of nitrogens with zero attached hydrogens (tertiary/aromatic N) is 2. The molecule has 1 heterocycles. The van der Waals surface area contributed by atoms with Gasteiger partial charge in [-0.3, -0.25) is 0 Å². The largest absolute Gasteiger partial charge is 0.368 e. The molecule has 1 aliphatic rings. The van der Waals surface area contributed by atoms with Crippen LogP contribution in [0.5, 0.6) is 0 Å². The van der Waals surface area contributed by atoms with Crippen molar-refractivity contribution in [2.75, 3.05) is 32.1 Å². The first-order valence-electron chi connectivity index (χ1n) is 4.65. The smallest absolute Gasteiger partial charge is 0.0440 e. The Morgan fingerprint density at radius 3 is 2.46 bits per heavy atom. The van der Waals surface area contributed by atoms with Gasteiger partial charge in [-0.15, -0.1) is 0 Å². The summed E-state index contributed by atoms with van der Waals surface area (Å²) < 4.78 is 0. The van der Waals surface area contributed by atoms with Crippen LogP contribution in [0.4, 0.5) is 5.69 Å². The predicted molar refractivity (Wildman–Crippen MR) is 55.0 cm³/mol. The quantitative estimate of drug-likeness (QED) is 0.667. The van der Waals surface area contributed by atoms with Gasteiger partial charge in [-0.2, -0.15) is 0 Å². The van der Waals surface area contributed by atoms with E-state index in [1.807, 2.05) is 12.1 Å². The minimum Gasteiger partial charge on any atom is -0.368 e. The molecular weight excluding hydrogens is 160 g/mol. The zero-order chi connectivity index (χ0) is 9.26. The zero-order valence-electron chi connectivity index (χ0n) is 8.20. The lowest BCUT2D eigenvalue weighted by Crippen LogP contribution is -2.57. The Morgan fingerprint density at radius 1 is 1.31 bits per heavy atom. The molecule has 0 bridgehead atoms. The van der Waals surface area contributed by atoms with E-state index in [2.05, 4.69) is 42.1 Å². The van der Waals surface area contributed by atoms with E-state index in [1.54, 1.807) is 0 Å². The van der Waals surface area contributed by atoms with E-state index in [1.165, 1.54) is 5.69 Å². The fraction of sp³-hybridized carbons (Fsp3) is 0.455. The lowest BCUT2D eigenvalue weighted by Gasteiger charge is -2.44. The van der Waals surface area contributed by atoms with Crippen molar-refractivity contribution in [2.45, 2.75) is 6.04 Å². The van der Waals surface area contributed by atoms with Gasteiger partial charge in [-0.25, -0.2) is 0 Å². The number of anilines is 1. The number of hydrogen-bond donors (Lipinski definition) is 0. The number of hydrogen-bond acceptors (Lipinski definition) is 2. The monoisotopic (exact) mass is 175 g/mol. The summed E-state index contributed by atoms with van der Waals surface area (Å²) in [5, 5.41) is 0. The van der Waals surface area contributed by atoms with Crippen molar-refractivity contribution in [3.05, 3.63) is 30.3 Å². The van der Waals surface area contributed by atoms with Crippen LogP contribution in [0.25, 0.3) is 0 Å². The summed E-state index contributed by atoms with van der Waals surface area (Å²) in [5.41, 5.74) is 1.32. The summed E-state index contributed by atoms with van der Waals surface area (Å²) in [4.78, 5) is 4.67. The average Bonchev–Trinajstić information content (AvgIpc) is 2.02. The van der Waals surface area contributed by atoms with Gasteiger partial charge in [0.15, 0.2) is 0 Å². The second kappa shape index (κ2) is 3.38. The van der Waals surface area contributed by atoms with E-state index in [-0.39, 0.29) is 0 Å². The molecular formula is C11H15N2. The molecule has 0 N–H and O–H groups in total. The highest BCUT2D eigenvalue weighted by Gasteiger charge is 2.27. The molecule has 0 atom stereocenters. The Hall–Kier alpha value is -1.02. The van der Waals surface area contributed by atoms with Gasteiger partial charge < -0.3 is 9.80 Å². The molecule has 1 aliphatic heterocycles. The Labute approximate surface area is 79.8 Å². The second-order valence-electron chi connectivity index (χ2n) is 3.78. The maximum absolute atomic E-state index is 3.03. The first-order valence-corrected chi connectivity index (χ1v) is 4.65. The second-order valence-corrected chi connectivity index (χ2v) is 3.78. The Morgan fingerprint density at radius 2 is 1.92 bits per heavy atom. The highest BCUT2D eigenvalue weighted by atomic mass is 15.3. The number of rotatable bonds is 2. The van der Waals surface area contributed by atoms with Crippen LogP contribution in [0, 0.1) is 6.07 Å². The lowest BCUT2D eigenvalue weighted by molar-refractivity contribution is 0.247. The average molecular weight is 175 g/mol. The van der Waals surface area contributed by atoms with E-state index in [4.69, 9.17) is 0 Å². The molecule has 1 fully saturated rings. The predicted octanol–water partition coefficient (Wildman–Crippen LogP) is 1.24. The molecule has 2 heteroatoms. The first kappa shape index (κ1) is 8.57. The summed E-state index contributed by atoms with van der Waals surface area (Å²) in [6, 6.07) is 11.9. The SMILES string of the molecule is CN(C)C1CN(c2cc[c]cc2)C1. The molecule has 0 aromatic heterocycles. The molecule has 0 amide bonds. The normalized spacial score (nSPS) is 17.6. The van der Waals surface area contributed by atoms with E-state index in [9.17, 15) is 0 Å². The Kier molecular flexibility index (Phi) is 2.23. The van der Waals surface area contributed by atoms with Crippen LogP contribution in [0.15, 0.2) is 24.3 Å². The van der Waals surface area contributed by atoms with Crippen LogP contribution >= 0.6 is 0 Å². The minimum absolute atomic E-state index is 0.726. The topological polar surface area (TPSA) is 6.48 Å². The third kappa shape index (κ3) is 1.68. The van der Waals surface area contributed by atoms with E-state index in [0.717, 1.165) is 19.1 Å². The molecule has 1 aromatic carbocycles. The van der Waals surface area contributed by atoms with Crippen molar-refractivity contribution >= 4 is 5.69 Å². The number of likely N-dealkylation sites (N-methyl/N-ethyl adjacent to an activating group) is 1. The Bertz CT molecular complexity index is 263. The summed E-state index contributed by atoms with van der Waals surface area (Å²) in [6.45, 7) is 2.30. The molecule has 69 valence electrons. The summed E-state index contributed by atoms with van der Waals surface area (Å²) >= 11 is 0. The van der Waals surface area contributed by atoms with Gasteiger partial charge in [0.05, 0.1) is 0 Å². The highest BCUT2D eigenvalue weighted by molar-refractivity contribution is 5.48. The van der Waals surface area contributed by atoms with Gasteiger partial charge in [-0.1, -0.05) is 12.1 Å². The van der Waals surface area contributed by atoms with Crippen LogP contribution < -0.4 is 4.90 Å².